The normalized spacial score (nSPS) is 17.6. The van der Waals surface area contributed by atoms with E-state index >= 15 is 0 Å². The molecule has 0 heterocycles. The Morgan fingerprint density at radius 2 is 1.90 bits per heavy atom. The van der Waals surface area contributed by atoms with E-state index < -0.39 is 6.04 Å². The van der Waals surface area contributed by atoms with Crippen molar-refractivity contribution in [1.82, 2.24) is 5.32 Å². The van der Waals surface area contributed by atoms with Gasteiger partial charge in [0, 0.05) is 6.54 Å². The topological polar surface area (TPSA) is 55.1 Å². The van der Waals surface area contributed by atoms with Crippen LogP contribution in [0.15, 0.2) is 30.3 Å². The van der Waals surface area contributed by atoms with Crippen LogP contribution < -0.4 is 11.1 Å². The Morgan fingerprint density at radius 1 is 1.20 bits per heavy atom. The summed E-state index contributed by atoms with van der Waals surface area (Å²) in [6.07, 6.45) is 8.45. The van der Waals surface area contributed by atoms with E-state index in [1.165, 1.54) is 32.1 Å². The molecule has 0 aromatic heterocycles. The Hall–Kier alpha value is -1.35. The lowest BCUT2D eigenvalue weighted by Crippen LogP contribution is -2.42. The molecule has 20 heavy (non-hydrogen) atoms. The standard InChI is InChI=1S/C17H26N2O/c18-16(13-15-9-5-2-6-10-15)17(20)19-12-11-14-7-3-1-4-8-14/h2,5-6,9-10,14,16H,1,3-4,7-8,11-13,18H2,(H,19,20). The minimum absolute atomic E-state index is 0.0235. The molecule has 0 radical (unpaired) electrons. The van der Waals surface area contributed by atoms with Crippen molar-refractivity contribution in [2.24, 2.45) is 11.7 Å². The SMILES string of the molecule is NC(Cc1ccccc1)C(=O)NCCC1CCCCC1. The lowest BCUT2D eigenvalue weighted by atomic mass is 9.87. The van der Waals surface area contributed by atoms with Crippen LogP contribution in [0.4, 0.5) is 0 Å². The van der Waals surface area contributed by atoms with Gasteiger partial charge >= 0.3 is 0 Å². The Morgan fingerprint density at radius 3 is 2.60 bits per heavy atom. The van der Waals surface area contributed by atoms with Gasteiger partial charge < -0.3 is 11.1 Å². The van der Waals surface area contributed by atoms with Gasteiger partial charge in [0.2, 0.25) is 5.91 Å². The molecule has 1 aromatic rings. The molecule has 1 fully saturated rings. The van der Waals surface area contributed by atoms with Crippen LogP contribution in [0.5, 0.6) is 0 Å². The minimum atomic E-state index is -0.441. The highest BCUT2D eigenvalue weighted by molar-refractivity contribution is 5.81. The van der Waals surface area contributed by atoms with Crippen molar-refractivity contribution < 1.29 is 4.79 Å². The quantitative estimate of drug-likeness (QED) is 0.838. The molecule has 3 N–H and O–H groups in total. The highest BCUT2D eigenvalue weighted by Crippen LogP contribution is 2.25. The van der Waals surface area contributed by atoms with E-state index in [1.54, 1.807) is 0 Å². The van der Waals surface area contributed by atoms with Gasteiger partial charge in [0.15, 0.2) is 0 Å². The van der Waals surface area contributed by atoms with Gasteiger partial charge in [-0.15, -0.1) is 0 Å². The first-order valence-electron chi connectivity index (χ1n) is 7.83. The molecular weight excluding hydrogens is 248 g/mol. The average Bonchev–Trinajstić information content (AvgIpc) is 2.49. The molecule has 0 aliphatic heterocycles. The van der Waals surface area contributed by atoms with Crippen LogP contribution in [-0.4, -0.2) is 18.5 Å². The second-order valence-corrected chi connectivity index (χ2v) is 5.88. The van der Waals surface area contributed by atoms with Crippen molar-refractivity contribution in [2.75, 3.05) is 6.54 Å². The van der Waals surface area contributed by atoms with Gasteiger partial charge in [-0.1, -0.05) is 62.4 Å². The fourth-order valence-electron chi connectivity index (χ4n) is 2.97. The van der Waals surface area contributed by atoms with Gasteiger partial charge in [-0.2, -0.15) is 0 Å². The van der Waals surface area contributed by atoms with E-state index in [0.717, 1.165) is 24.4 Å². The molecule has 0 spiro atoms. The minimum Gasteiger partial charge on any atom is -0.355 e. The van der Waals surface area contributed by atoms with Crippen LogP contribution in [0.2, 0.25) is 0 Å². The van der Waals surface area contributed by atoms with E-state index in [4.69, 9.17) is 5.73 Å². The van der Waals surface area contributed by atoms with E-state index in [2.05, 4.69) is 5.32 Å². The number of nitrogens with two attached hydrogens (primary N) is 1. The van der Waals surface area contributed by atoms with Crippen molar-refractivity contribution in [3.63, 3.8) is 0 Å². The Kier molecular flexibility index (Phi) is 6.06. The third kappa shape index (κ3) is 4.97. The molecule has 2 rings (SSSR count). The predicted molar refractivity (Wildman–Crippen MR) is 82.3 cm³/mol. The van der Waals surface area contributed by atoms with Gasteiger partial charge in [-0.25, -0.2) is 0 Å². The van der Waals surface area contributed by atoms with E-state index in [9.17, 15) is 4.79 Å². The van der Waals surface area contributed by atoms with Gasteiger partial charge in [-0.05, 0) is 24.3 Å². The van der Waals surface area contributed by atoms with Crippen molar-refractivity contribution in [1.29, 1.82) is 0 Å². The van der Waals surface area contributed by atoms with Crippen molar-refractivity contribution in [3.05, 3.63) is 35.9 Å². The van der Waals surface area contributed by atoms with Gasteiger partial charge in [0.1, 0.15) is 0 Å². The van der Waals surface area contributed by atoms with E-state index in [1.807, 2.05) is 30.3 Å². The molecule has 1 atom stereocenters. The molecule has 1 aliphatic rings. The maximum atomic E-state index is 12.0. The third-order valence-electron chi connectivity index (χ3n) is 4.21. The van der Waals surface area contributed by atoms with Gasteiger partial charge in [0.05, 0.1) is 6.04 Å². The molecular formula is C17H26N2O. The molecule has 1 amide bonds. The number of benzene rings is 1. The van der Waals surface area contributed by atoms with Crippen molar-refractivity contribution >= 4 is 5.91 Å². The van der Waals surface area contributed by atoms with E-state index in [0.29, 0.717) is 6.42 Å². The third-order valence-corrected chi connectivity index (χ3v) is 4.21. The second-order valence-electron chi connectivity index (χ2n) is 5.88. The molecule has 3 nitrogen and oxygen atoms in total. The van der Waals surface area contributed by atoms with Crippen LogP contribution in [0.1, 0.15) is 44.1 Å². The zero-order valence-electron chi connectivity index (χ0n) is 12.2. The van der Waals surface area contributed by atoms with Crippen LogP contribution in [0, 0.1) is 5.92 Å². The second kappa shape index (κ2) is 8.05. The zero-order chi connectivity index (χ0) is 14.2. The fourth-order valence-corrected chi connectivity index (χ4v) is 2.97. The number of nitrogens with one attached hydrogen (secondary N) is 1. The maximum absolute atomic E-state index is 12.0. The summed E-state index contributed by atoms with van der Waals surface area (Å²) in [6, 6.07) is 9.50. The highest BCUT2D eigenvalue weighted by Gasteiger charge is 2.16. The van der Waals surface area contributed by atoms with Gasteiger partial charge in [-0.3, -0.25) is 4.79 Å². The zero-order valence-corrected chi connectivity index (χ0v) is 12.2. The number of amides is 1. The molecule has 1 unspecified atom stereocenters. The summed E-state index contributed by atoms with van der Waals surface area (Å²) < 4.78 is 0. The van der Waals surface area contributed by atoms with Crippen molar-refractivity contribution in [3.8, 4) is 0 Å². The Balaban J connectivity index is 1.66. The van der Waals surface area contributed by atoms with E-state index in [-0.39, 0.29) is 5.91 Å². The summed E-state index contributed by atoms with van der Waals surface area (Å²) in [6.45, 7) is 0.770. The van der Waals surface area contributed by atoms with Crippen LogP contribution in [-0.2, 0) is 11.2 Å². The highest BCUT2D eigenvalue weighted by atomic mass is 16.2. The summed E-state index contributed by atoms with van der Waals surface area (Å²) in [5, 5.41) is 2.99. The number of hydrogen-bond acceptors (Lipinski definition) is 2. The molecule has 110 valence electrons. The summed E-state index contributed by atoms with van der Waals surface area (Å²) in [5.74, 6) is 0.777. The van der Waals surface area contributed by atoms with Crippen molar-refractivity contribution in [2.45, 2.75) is 51.0 Å². The largest absolute Gasteiger partial charge is 0.355 e. The number of carbonyl (C=O) groups is 1. The lowest BCUT2D eigenvalue weighted by Gasteiger charge is -2.21. The maximum Gasteiger partial charge on any atom is 0.237 e. The molecule has 1 saturated carbocycles. The molecule has 0 saturated heterocycles. The first-order valence-corrected chi connectivity index (χ1v) is 7.83. The lowest BCUT2D eigenvalue weighted by molar-refractivity contribution is -0.122. The number of hydrogen-bond donors (Lipinski definition) is 2. The molecule has 3 heteroatoms. The predicted octanol–water partition coefficient (Wildman–Crippen LogP) is 2.64. The van der Waals surface area contributed by atoms with Crippen LogP contribution in [0.25, 0.3) is 0 Å². The first kappa shape index (κ1) is 15.0. The number of carbonyl (C=O) groups excluding carboxylic acids is 1. The monoisotopic (exact) mass is 274 g/mol. The van der Waals surface area contributed by atoms with Gasteiger partial charge in [0.25, 0.3) is 0 Å². The molecule has 1 aliphatic carbocycles. The Labute approximate surface area is 121 Å². The summed E-state index contributed by atoms with van der Waals surface area (Å²) >= 11 is 0. The Bertz CT molecular complexity index is 399. The van der Waals surface area contributed by atoms with Crippen LogP contribution >= 0.6 is 0 Å². The smallest absolute Gasteiger partial charge is 0.237 e. The number of rotatable bonds is 6. The fraction of sp³-hybridized carbons (Fsp3) is 0.588. The summed E-state index contributed by atoms with van der Waals surface area (Å²) in [5.41, 5.74) is 7.07. The average molecular weight is 274 g/mol. The van der Waals surface area contributed by atoms with Crippen LogP contribution in [0.3, 0.4) is 0 Å². The summed E-state index contributed by atoms with van der Waals surface area (Å²) in [4.78, 5) is 12.0. The summed E-state index contributed by atoms with van der Waals surface area (Å²) in [7, 11) is 0. The first-order chi connectivity index (χ1) is 9.75. The molecule has 0 bridgehead atoms. The molecule has 1 aromatic carbocycles.